The van der Waals surface area contributed by atoms with Crippen LogP contribution >= 0.6 is 11.8 Å². The SMILES string of the molecule is CCc1ccc(N=C2NC(=O)/C(=C\c3cc4c(cc3[N+](=O)[O-])OCO4)S2)cc1. The zero-order valence-corrected chi connectivity index (χ0v) is 15.6. The summed E-state index contributed by atoms with van der Waals surface area (Å²) in [5.74, 6) is 0.363. The van der Waals surface area contributed by atoms with Gasteiger partial charge >= 0.3 is 0 Å². The highest BCUT2D eigenvalue weighted by atomic mass is 32.2. The zero-order valence-electron chi connectivity index (χ0n) is 14.8. The normalized spacial score (nSPS) is 18.0. The molecule has 0 aliphatic carbocycles. The molecule has 0 atom stereocenters. The van der Waals surface area contributed by atoms with Gasteiger partial charge in [0.25, 0.3) is 11.6 Å². The summed E-state index contributed by atoms with van der Waals surface area (Å²) in [5.41, 5.74) is 2.02. The van der Waals surface area contributed by atoms with Crippen LogP contribution in [0.1, 0.15) is 18.1 Å². The highest BCUT2D eigenvalue weighted by molar-refractivity contribution is 8.18. The Morgan fingerprint density at radius 1 is 1.25 bits per heavy atom. The van der Waals surface area contributed by atoms with Crippen molar-refractivity contribution < 1.29 is 19.2 Å². The first kappa shape index (κ1) is 18.1. The third-order valence-electron chi connectivity index (χ3n) is 4.23. The van der Waals surface area contributed by atoms with E-state index in [0.717, 1.165) is 23.9 Å². The highest BCUT2D eigenvalue weighted by Crippen LogP contribution is 2.40. The molecule has 4 rings (SSSR count). The molecule has 9 heteroatoms. The number of nitro benzene ring substituents is 1. The van der Waals surface area contributed by atoms with Crippen LogP contribution in [0.3, 0.4) is 0 Å². The van der Waals surface area contributed by atoms with Gasteiger partial charge in [0, 0.05) is 0 Å². The number of fused-ring (bicyclic) bond motifs is 1. The van der Waals surface area contributed by atoms with E-state index in [0.29, 0.717) is 21.6 Å². The molecule has 1 saturated heterocycles. The van der Waals surface area contributed by atoms with Gasteiger partial charge < -0.3 is 14.8 Å². The quantitative estimate of drug-likeness (QED) is 0.478. The molecule has 0 saturated carbocycles. The number of nitrogens with zero attached hydrogens (tertiary/aromatic N) is 2. The van der Waals surface area contributed by atoms with E-state index in [1.54, 1.807) is 0 Å². The molecule has 0 spiro atoms. The van der Waals surface area contributed by atoms with Gasteiger partial charge in [-0.1, -0.05) is 19.1 Å². The number of benzene rings is 2. The molecule has 2 aliphatic heterocycles. The Labute approximate surface area is 164 Å². The smallest absolute Gasteiger partial charge is 0.280 e. The maximum atomic E-state index is 12.3. The number of aliphatic imine (C=N–C) groups is 1. The first-order valence-electron chi connectivity index (χ1n) is 8.50. The van der Waals surface area contributed by atoms with E-state index >= 15 is 0 Å². The minimum Gasteiger partial charge on any atom is -0.454 e. The number of ether oxygens (including phenoxy) is 2. The molecule has 1 amide bonds. The van der Waals surface area contributed by atoms with Crippen LogP contribution < -0.4 is 14.8 Å². The van der Waals surface area contributed by atoms with Crippen LogP contribution in [0.15, 0.2) is 46.3 Å². The van der Waals surface area contributed by atoms with E-state index in [1.807, 2.05) is 24.3 Å². The van der Waals surface area contributed by atoms with E-state index in [1.165, 1.54) is 23.8 Å². The molecule has 2 aromatic carbocycles. The minimum absolute atomic E-state index is 0.00930. The van der Waals surface area contributed by atoms with Gasteiger partial charge in [0.15, 0.2) is 16.7 Å². The summed E-state index contributed by atoms with van der Waals surface area (Å²) in [5, 5.41) is 14.5. The van der Waals surface area contributed by atoms with Gasteiger partial charge in [-0.2, -0.15) is 0 Å². The predicted molar refractivity (Wildman–Crippen MR) is 106 cm³/mol. The monoisotopic (exact) mass is 397 g/mol. The topological polar surface area (TPSA) is 103 Å². The van der Waals surface area contributed by atoms with E-state index in [4.69, 9.17) is 9.47 Å². The second kappa shape index (κ2) is 7.35. The Balaban J connectivity index is 1.63. The summed E-state index contributed by atoms with van der Waals surface area (Å²) >= 11 is 1.13. The van der Waals surface area contributed by atoms with Crippen LogP contribution in [0.2, 0.25) is 0 Å². The van der Waals surface area contributed by atoms with Crippen LogP contribution in [-0.4, -0.2) is 22.8 Å². The predicted octanol–water partition coefficient (Wildman–Crippen LogP) is 3.78. The summed E-state index contributed by atoms with van der Waals surface area (Å²) in [4.78, 5) is 27.9. The van der Waals surface area contributed by atoms with Crippen molar-refractivity contribution in [2.75, 3.05) is 6.79 Å². The minimum atomic E-state index is -0.518. The third kappa shape index (κ3) is 3.56. The molecular weight excluding hydrogens is 382 g/mol. The van der Waals surface area contributed by atoms with Gasteiger partial charge in [0.1, 0.15) is 0 Å². The largest absolute Gasteiger partial charge is 0.454 e. The van der Waals surface area contributed by atoms with Gasteiger partial charge in [-0.15, -0.1) is 0 Å². The lowest BCUT2D eigenvalue weighted by Gasteiger charge is -2.01. The van der Waals surface area contributed by atoms with Crippen LogP contribution in [0.25, 0.3) is 6.08 Å². The number of carbonyl (C=O) groups is 1. The van der Waals surface area contributed by atoms with E-state index in [9.17, 15) is 14.9 Å². The Hall–Kier alpha value is -3.33. The number of aryl methyl sites for hydroxylation is 1. The second-order valence-corrected chi connectivity index (χ2v) is 7.05. The van der Waals surface area contributed by atoms with Crippen LogP contribution in [0.5, 0.6) is 11.5 Å². The maximum Gasteiger partial charge on any atom is 0.280 e. The van der Waals surface area contributed by atoms with Gasteiger partial charge in [-0.25, -0.2) is 4.99 Å². The number of hydrogen-bond donors (Lipinski definition) is 1. The Morgan fingerprint density at radius 3 is 2.64 bits per heavy atom. The zero-order chi connectivity index (χ0) is 19.7. The molecule has 142 valence electrons. The molecule has 1 N–H and O–H groups in total. The Kier molecular flexibility index (Phi) is 4.74. The van der Waals surface area contributed by atoms with Crippen molar-refractivity contribution in [1.82, 2.24) is 5.32 Å². The summed E-state index contributed by atoms with van der Waals surface area (Å²) in [7, 11) is 0. The molecule has 2 aliphatic rings. The molecule has 0 aromatic heterocycles. The molecule has 2 heterocycles. The van der Waals surface area contributed by atoms with E-state index in [-0.39, 0.29) is 24.0 Å². The Morgan fingerprint density at radius 2 is 1.96 bits per heavy atom. The van der Waals surface area contributed by atoms with Crippen molar-refractivity contribution in [2.24, 2.45) is 4.99 Å². The fourth-order valence-corrected chi connectivity index (χ4v) is 3.60. The van der Waals surface area contributed by atoms with Crippen molar-refractivity contribution >= 4 is 40.3 Å². The van der Waals surface area contributed by atoms with Gasteiger partial charge in [0.2, 0.25) is 6.79 Å². The Bertz CT molecular complexity index is 1030. The van der Waals surface area contributed by atoms with Gasteiger partial charge in [-0.05, 0) is 48.0 Å². The van der Waals surface area contributed by atoms with Crippen molar-refractivity contribution in [3.63, 3.8) is 0 Å². The lowest BCUT2D eigenvalue weighted by molar-refractivity contribution is -0.385. The molecule has 0 unspecified atom stereocenters. The number of hydrogen-bond acceptors (Lipinski definition) is 7. The van der Waals surface area contributed by atoms with Crippen LogP contribution in [-0.2, 0) is 11.2 Å². The summed E-state index contributed by atoms with van der Waals surface area (Å²) in [6.45, 7) is 2.08. The van der Waals surface area contributed by atoms with E-state index in [2.05, 4.69) is 17.2 Å². The molecule has 0 bridgehead atoms. The number of rotatable bonds is 4. The first-order valence-corrected chi connectivity index (χ1v) is 9.31. The number of carbonyl (C=O) groups excluding carboxylic acids is 1. The standard InChI is InChI=1S/C19H15N3O5S/c1-2-11-3-5-13(6-4-11)20-19-21-18(23)17(28-19)8-12-7-15-16(27-10-26-15)9-14(12)22(24)25/h3-9H,2,10H2,1H3,(H,20,21,23)/b17-8+. The lowest BCUT2D eigenvalue weighted by atomic mass is 10.1. The molecule has 8 nitrogen and oxygen atoms in total. The molecule has 0 radical (unpaired) electrons. The average molecular weight is 397 g/mol. The van der Waals surface area contributed by atoms with E-state index < -0.39 is 4.92 Å². The molecular formula is C19H15N3O5S. The number of amidine groups is 1. The average Bonchev–Trinajstić information content (AvgIpc) is 3.27. The molecule has 28 heavy (non-hydrogen) atoms. The van der Waals surface area contributed by atoms with Crippen molar-refractivity contribution in [3.8, 4) is 11.5 Å². The third-order valence-corrected chi connectivity index (χ3v) is 5.14. The summed E-state index contributed by atoms with van der Waals surface area (Å²) in [6.07, 6.45) is 2.40. The summed E-state index contributed by atoms with van der Waals surface area (Å²) in [6, 6.07) is 10.5. The van der Waals surface area contributed by atoms with Crippen molar-refractivity contribution in [1.29, 1.82) is 0 Å². The van der Waals surface area contributed by atoms with Crippen LogP contribution in [0.4, 0.5) is 11.4 Å². The van der Waals surface area contributed by atoms with Gasteiger partial charge in [-0.3, -0.25) is 14.9 Å². The van der Waals surface area contributed by atoms with Crippen LogP contribution in [0, 0.1) is 10.1 Å². The number of nitro groups is 1. The number of nitrogens with one attached hydrogen (secondary N) is 1. The highest BCUT2D eigenvalue weighted by Gasteiger charge is 2.27. The fraction of sp³-hybridized carbons (Fsp3) is 0.158. The maximum absolute atomic E-state index is 12.3. The van der Waals surface area contributed by atoms with Crippen molar-refractivity contribution in [3.05, 3.63) is 62.5 Å². The molecule has 1 fully saturated rings. The molecule has 2 aromatic rings. The fourth-order valence-electron chi connectivity index (χ4n) is 2.77. The van der Waals surface area contributed by atoms with Gasteiger partial charge in [0.05, 0.1) is 27.1 Å². The van der Waals surface area contributed by atoms with Crippen molar-refractivity contribution in [2.45, 2.75) is 13.3 Å². The lowest BCUT2D eigenvalue weighted by Crippen LogP contribution is -2.19. The number of thioether (sulfide) groups is 1. The summed E-state index contributed by atoms with van der Waals surface area (Å²) < 4.78 is 10.5. The second-order valence-electron chi connectivity index (χ2n) is 6.02. The number of amides is 1. The first-order chi connectivity index (χ1) is 13.5.